The van der Waals surface area contributed by atoms with Gasteiger partial charge in [0.1, 0.15) is 18.2 Å². The van der Waals surface area contributed by atoms with Crippen LogP contribution in [0.5, 0.6) is 11.5 Å². The van der Waals surface area contributed by atoms with Gasteiger partial charge in [-0.1, -0.05) is 12.1 Å². The van der Waals surface area contributed by atoms with Crippen molar-refractivity contribution in [1.29, 1.82) is 0 Å². The summed E-state index contributed by atoms with van der Waals surface area (Å²) in [6.45, 7) is 2.65. The van der Waals surface area contributed by atoms with Crippen molar-refractivity contribution in [3.63, 3.8) is 0 Å². The lowest BCUT2D eigenvalue weighted by Crippen LogP contribution is -2.01. The fourth-order valence-electron chi connectivity index (χ4n) is 2.69. The molecule has 0 fully saturated rings. The van der Waals surface area contributed by atoms with Gasteiger partial charge in [0.05, 0.1) is 18.9 Å². The number of allylic oxidation sites excluding steroid dienone is 1. The number of rotatable bonds is 8. The van der Waals surface area contributed by atoms with E-state index in [1.165, 1.54) is 25.4 Å². The van der Waals surface area contributed by atoms with Crippen molar-refractivity contribution in [1.82, 2.24) is 9.78 Å². The molecule has 29 heavy (non-hydrogen) atoms. The maximum atomic E-state index is 13.8. The number of aromatic nitrogens is 2. The van der Waals surface area contributed by atoms with Crippen LogP contribution in [0.4, 0.5) is 8.78 Å². The van der Waals surface area contributed by atoms with E-state index in [1.807, 2.05) is 6.92 Å². The zero-order chi connectivity index (χ0) is 20.8. The first-order valence-corrected chi connectivity index (χ1v) is 8.99. The average molecular weight is 398 g/mol. The van der Waals surface area contributed by atoms with Gasteiger partial charge >= 0.3 is 0 Å². The molecule has 1 aromatic heterocycles. The summed E-state index contributed by atoms with van der Waals surface area (Å²) in [5.74, 6) is -1.11. The molecule has 5 nitrogen and oxygen atoms in total. The second-order valence-electron chi connectivity index (χ2n) is 6.22. The van der Waals surface area contributed by atoms with E-state index in [2.05, 4.69) is 5.10 Å². The molecule has 3 aromatic rings. The third kappa shape index (κ3) is 5.07. The lowest BCUT2D eigenvalue weighted by atomic mass is 10.1. The Labute approximate surface area is 167 Å². The molecule has 0 aliphatic rings. The SMILES string of the molecule is CCn1cc(C(=O)/C=C/c2ccc(OC)c(COc3ccc(F)cc3F)c2)cn1. The molecule has 7 heteroatoms. The summed E-state index contributed by atoms with van der Waals surface area (Å²) in [5.41, 5.74) is 1.91. The topological polar surface area (TPSA) is 53.4 Å². The molecule has 0 atom stereocenters. The van der Waals surface area contributed by atoms with E-state index in [0.29, 0.717) is 23.4 Å². The first kappa shape index (κ1) is 20.3. The van der Waals surface area contributed by atoms with E-state index in [9.17, 15) is 13.6 Å². The van der Waals surface area contributed by atoms with Crippen molar-refractivity contribution >= 4 is 11.9 Å². The smallest absolute Gasteiger partial charge is 0.189 e. The molecule has 0 saturated carbocycles. The second kappa shape index (κ2) is 9.14. The van der Waals surface area contributed by atoms with Gasteiger partial charge in [-0.2, -0.15) is 5.10 Å². The number of carbonyl (C=O) groups excluding carboxylic acids is 1. The molecule has 3 rings (SSSR count). The molecule has 0 radical (unpaired) electrons. The van der Waals surface area contributed by atoms with Crippen LogP contribution in [0.15, 0.2) is 54.9 Å². The van der Waals surface area contributed by atoms with Crippen molar-refractivity contribution in [3.05, 3.63) is 83.2 Å². The van der Waals surface area contributed by atoms with Gasteiger partial charge in [-0.15, -0.1) is 0 Å². The van der Waals surface area contributed by atoms with Crippen LogP contribution in [0.3, 0.4) is 0 Å². The van der Waals surface area contributed by atoms with Crippen LogP contribution in [0, 0.1) is 11.6 Å². The van der Waals surface area contributed by atoms with E-state index in [-0.39, 0.29) is 18.1 Å². The van der Waals surface area contributed by atoms with Gasteiger partial charge in [0.25, 0.3) is 0 Å². The van der Waals surface area contributed by atoms with Crippen LogP contribution in [0.1, 0.15) is 28.4 Å². The summed E-state index contributed by atoms with van der Waals surface area (Å²) in [5, 5.41) is 4.09. The number of carbonyl (C=O) groups is 1. The number of ketones is 1. The van der Waals surface area contributed by atoms with Crippen molar-refractivity contribution in [2.45, 2.75) is 20.1 Å². The van der Waals surface area contributed by atoms with E-state index in [1.54, 1.807) is 35.2 Å². The summed E-state index contributed by atoms with van der Waals surface area (Å²) in [6.07, 6.45) is 6.36. The Bertz CT molecular complexity index is 1040. The normalized spacial score (nSPS) is 11.0. The Hall–Kier alpha value is -3.48. The van der Waals surface area contributed by atoms with Gasteiger partial charge in [0.15, 0.2) is 17.3 Å². The van der Waals surface area contributed by atoms with Crippen LogP contribution >= 0.6 is 0 Å². The van der Waals surface area contributed by atoms with Crippen molar-refractivity contribution < 1.29 is 23.0 Å². The van der Waals surface area contributed by atoms with E-state index >= 15 is 0 Å². The third-order valence-corrected chi connectivity index (χ3v) is 4.25. The molecular formula is C22H20F2N2O3. The molecule has 0 saturated heterocycles. The number of nitrogens with zero attached hydrogens (tertiary/aromatic N) is 2. The Kier molecular flexibility index (Phi) is 6.39. The minimum atomic E-state index is -0.779. The van der Waals surface area contributed by atoms with E-state index < -0.39 is 11.6 Å². The monoisotopic (exact) mass is 398 g/mol. The Morgan fingerprint density at radius 3 is 2.66 bits per heavy atom. The van der Waals surface area contributed by atoms with Crippen molar-refractivity contribution in [2.75, 3.05) is 7.11 Å². The lowest BCUT2D eigenvalue weighted by molar-refractivity contribution is 0.104. The van der Waals surface area contributed by atoms with Gasteiger partial charge < -0.3 is 9.47 Å². The summed E-state index contributed by atoms with van der Waals surface area (Å²) < 4.78 is 39.2. The number of aryl methyl sites for hydroxylation is 1. The summed E-state index contributed by atoms with van der Waals surface area (Å²) in [4.78, 5) is 12.3. The highest BCUT2D eigenvalue weighted by atomic mass is 19.1. The minimum absolute atomic E-state index is 0.0185. The van der Waals surface area contributed by atoms with Gasteiger partial charge in [-0.3, -0.25) is 9.48 Å². The quantitative estimate of drug-likeness (QED) is 0.409. The molecule has 0 aliphatic carbocycles. The Morgan fingerprint density at radius 1 is 1.17 bits per heavy atom. The molecule has 0 spiro atoms. The third-order valence-electron chi connectivity index (χ3n) is 4.25. The number of halogens is 2. The highest BCUT2D eigenvalue weighted by Crippen LogP contribution is 2.24. The molecule has 0 unspecified atom stereocenters. The van der Waals surface area contributed by atoms with Crippen LogP contribution in [0.25, 0.3) is 6.08 Å². The Balaban J connectivity index is 1.74. The second-order valence-corrected chi connectivity index (χ2v) is 6.22. The first-order chi connectivity index (χ1) is 14.0. The fraction of sp³-hybridized carbons (Fsp3) is 0.182. The predicted molar refractivity (Wildman–Crippen MR) is 105 cm³/mol. The summed E-state index contributed by atoms with van der Waals surface area (Å²) in [7, 11) is 1.52. The van der Waals surface area contributed by atoms with Crippen LogP contribution in [-0.4, -0.2) is 22.7 Å². The van der Waals surface area contributed by atoms with Crippen LogP contribution in [-0.2, 0) is 13.2 Å². The van der Waals surface area contributed by atoms with Crippen molar-refractivity contribution in [3.8, 4) is 11.5 Å². The molecule has 1 heterocycles. The molecular weight excluding hydrogens is 378 g/mol. The van der Waals surface area contributed by atoms with E-state index in [4.69, 9.17) is 9.47 Å². The maximum absolute atomic E-state index is 13.8. The largest absolute Gasteiger partial charge is 0.496 e. The standard InChI is InChI=1S/C22H20F2N2O3/c1-3-26-13-17(12-25-26)20(27)7-4-15-5-8-21(28-2)16(10-15)14-29-22-9-6-18(23)11-19(22)24/h4-13H,3,14H2,1-2H3/b7-4+. The molecule has 0 aliphatic heterocycles. The molecule has 0 N–H and O–H groups in total. The summed E-state index contributed by atoms with van der Waals surface area (Å²) >= 11 is 0. The number of hydrogen-bond acceptors (Lipinski definition) is 4. The van der Waals surface area contributed by atoms with Gasteiger partial charge in [0.2, 0.25) is 0 Å². The highest BCUT2D eigenvalue weighted by Gasteiger charge is 2.09. The molecule has 0 amide bonds. The zero-order valence-electron chi connectivity index (χ0n) is 16.1. The van der Waals surface area contributed by atoms with Gasteiger partial charge in [0, 0.05) is 24.4 Å². The van der Waals surface area contributed by atoms with Crippen LogP contribution < -0.4 is 9.47 Å². The number of ether oxygens (including phenoxy) is 2. The van der Waals surface area contributed by atoms with Crippen molar-refractivity contribution in [2.24, 2.45) is 0 Å². The predicted octanol–water partition coefficient (Wildman–Crippen LogP) is 4.66. The Morgan fingerprint density at radius 2 is 1.97 bits per heavy atom. The molecule has 150 valence electrons. The lowest BCUT2D eigenvalue weighted by Gasteiger charge is -2.12. The zero-order valence-corrected chi connectivity index (χ0v) is 16.1. The first-order valence-electron chi connectivity index (χ1n) is 8.99. The molecule has 2 aromatic carbocycles. The average Bonchev–Trinajstić information content (AvgIpc) is 3.21. The highest BCUT2D eigenvalue weighted by molar-refractivity contribution is 6.06. The number of methoxy groups -OCH3 is 1. The minimum Gasteiger partial charge on any atom is -0.496 e. The van der Waals surface area contributed by atoms with Gasteiger partial charge in [-0.05, 0) is 42.8 Å². The number of hydrogen-bond donors (Lipinski definition) is 0. The van der Waals surface area contributed by atoms with Gasteiger partial charge in [-0.25, -0.2) is 8.78 Å². The number of benzene rings is 2. The van der Waals surface area contributed by atoms with E-state index in [0.717, 1.165) is 17.7 Å². The maximum Gasteiger partial charge on any atom is 0.189 e. The summed E-state index contributed by atoms with van der Waals surface area (Å²) in [6, 6.07) is 8.42. The molecule has 0 bridgehead atoms. The van der Waals surface area contributed by atoms with Crippen LogP contribution in [0.2, 0.25) is 0 Å². The fourth-order valence-corrected chi connectivity index (χ4v) is 2.69.